The van der Waals surface area contributed by atoms with Crippen LogP contribution in [0.4, 0.5) is 0 Å². The zero-order chi connectivity index (χ0) is 24.8. The summed E-state index contributed by atoms with van der Waals surface area (Å²) < 4.78 is 1.52. The van der Waals surface area contributed by atoms with Gasteiger partial charge in [0.1, 0.15) is 6.17 Å². The van der Waals surface area contributed by atoms with E-state index in [1.165, 1.54) is 10.8 Å². The molecule has 0 bridgehead atoms. The fourth-order valence-electron chi connectivity index (χ4n) is 4.70. The Labute approximate surface area is 198 Å². The number of fused-ring (bicyclic) bond motifs is 2. The van der Waals surface area contributed by atoms with Crippen molar-refractivity contribution in [2.24, 2.45) is 0 Å². The molecule has 2 aromatic rings. The molecule has 0 saturated carbocycles. The normalized spacial score (nSPS) is 18.6. The summed E-state index contributed by atoms with van der Waals surface area (Å²) in [5.74, 6) is -1.09. The number of nitrogens with zero attached hydrogens (tertiary/aromatic N) is 3. The first-order valence-corrected chi connectivity index (χ1v) is 10.9. The standard InChI is InChI=1S/C25H25N3O4.CH4O/c1-3-9-17(4-2)21(18-10-6-5-7-11-18)27-12-8-13-28-20(27)15-26-14-19(16-29)23(30)24(31)22(26)25(28)32;1-2/h3-7,9-11,14,16,20-21,31H,1-2,8,12-13,15H2;2H,1H3/b17-9+;. The van der Waals surface area contributed by atoms with Crippen LogP contribution in [0.2, 0.25) is 0 Å². The molecule has 1 aromatic carbocycles. The molecule has 8 heteroatoms. The van der Waals surface area contributed by atoms with E-state index < -0.39 is 17.1 Å². The molecule has 2 unspecified atom stereocenters. The molecule has 3 heterocycles. The van der Waals surface area contributed by atoms with Crippen molar-refractivity contribution in [3.05, 3.63) is 101 Å². The molecule has 2 atom stereocenters. The summed E-state index contributed by atoms with van der Waals surface area (Å²) in [5, 5.41) is 17.4. The summed E-state index contributed by atoms with van der Waals surface area (Å²) in [4.78, 5) is 40.8. The second kappa shape index (κ2) is 10.9. The molecular formula is C26H29N3O5. The largest absolute Gasteiger partial charge is 0.503 e. The highest BCUT2D eigenvalue weighted by Crippen LogP contribution is 2.37. The van der Waals surface area contributed by atoms with Crippen molar-refractivity contribution in [2.75, 3.05) is 20.2 Å². The third kappa shape index (κ3) is 4.37. The number of aliphatic hydroxyl groups excluding tert-OH is 1. The highest BCUT2D eigenvalue weighted by atomic mass is 16.3. The predicted molar refractivity (Wildman–Crippen MR) is 130 cm³/mol. The van der Waals surface area contributed by atoms with Crippen molar-refractivity contribution in [1.29, 1.82) is 0 Å². The van der Waals surface area contributed by atoms with Gasteiger partial charge in [-0.2, -0.15) is 0 Å². The van der Waals surface area contributed by atoms with Crippen molar-refractivity contribution in [3.63, 3.8) is 0 Å². The number of aldehydes is 1. The van der Waals surface area contributed by atoms with Crippen molar-refractivity contribution in [2.45, 2.75) is 25.2 Å². The monoisotopic (exact) mass is 463 g/mol. The molecular weight excluding hydrogens is 434 g/mol. The minimum absolute atomic E-state index is 0.0689. The number of amides is 1. The fourth-order valence-corrected chi connectivity index (χ4v) is 4.70. The maximum atomic E-state index is 13.3. The van der Waals surface area contributed by atoms with E-state index in [0.717, 1.165) is 31.2 Å². The second-order valence-electron chi connectivity index (χ2n) is 7.87. The summed E-state index contributed by atoms with van der Waals surface area (Å²) in [7, 11) is 1.00. The lowest BCUT2D eigenvalue weighted by Gasteiger charge is -2.50. The van der Waals surface area contributed by atoms with Gasteiger partial charge in [-0.3, -0.25) is 19.3 Å². The Morgan fingerprint density at radius 2 is 1.85 bits per heavy atom. The van der Waals surface area contributed by atoms with E-state index in [4.69, 9.17) is 5.11 Å². The van der Waals surface area contributed by atoms with Gasteiger partial charge in [-0.05, 0) is 17.6 Å². The van der Waals surface area contributed by atoms with Crippen LogP contribution >= 0.6 is 0 Å². The van der Waals surface area contributed by atoms with Gasteiger partial charge in [-0.15, -0.1) is 0 Å². The first-order chi connectivity index (χ1) is 16.5. The topological polar surface area (TPSA) is 103 Å². The first-order valence-electron chi connectivity index (χ1n) is 10.9. The Morgan fingerprint density at radius 1 is 1.15 bits per heavy atom. The van der Waals surface area contributed by atoms with E-state index in [0.29, 0.717) is 19.4 Å². The Morgan fingerprint density at radius 3 is 2.47 bits per heavy atom. The number of hydrogen-bond donors (Lipinski definition) is 2. The van der Waals surface area contributed by atoms with Crippen molar-refractivity contribution >= 4 is 12.2 Å². The van der Waals surface area contributed by atoms with Crippen LogP contribution in [0.1, 0.15) is 38.9 Å². The van der Waals surface area contributed by atoms with E-state index in [1.807, 2.05) is 36.4 Å². The molecule has 1 amide bonds. The molecule has 178 valence electrons. The van der Waals surface area contributed by atoms with Crippen LogP contribution in [-0.2, 0) is 6.54 Å². The number of carbonyl (C=O) groups excluding carboxylic acids is 2. The third-order valence-corrected chi connectivity index (χ3v) is 6.10. The Bertz CT molecular complexity index is 1170. The fraction of sp³-hybridized carbons (Fsp3) is 0.269. The smallest absolute Gasteiger partial charge is 0.275 e. The van der Waals surface area contributed by atoms with Gasteiger partial charge in [0, 0.05) is 26.4 Å². The van der Waals surface area contributed by atoms with Gasteiger partial charge in [0.15, 0.2) is 17.7 Å². The van der Waals surface area contributed by atoms with Gasteiger partial charge in [-0.1, -0.05) is 61.7 Å². The quantitative estimate of drug-likeness (QED) is 0.504. The Kier molecular flexibility index (Phi) is 7.99. The molecule has 2 aliphatic heterocycles. The van der Waals surface area contributed by atoms with Crippen LogP contribution in [0.25, 0.3) is 0 Å². The number of carbonyl (C=O) groups is 2. The van der Waals surface area contributed by atoms with Crippen LogP contribution in [-0.4, -0.2) is 63.1 Å². The number of allylic oxidation sites excluding steroid dienone is 2. The SMILES string of the molecule is C=C/C=C(\C=C)C(c1ccccc1)N1CCCN2C(=O)c3c(O)c(=O)c(C=O)cn3CC21.CO. The number of aromatic hydroxyl groups is 1. The van der Waals surface area contributed by atoms with Crippen LogP contribution in [0.5, 0.6) is 5.75 Å². The van der Waals surface area contributed by atoms with E-state index >= 15 is 0 Å². The lowest BCUT2D eigenvalue weighted by atomic mass is 9.94. The van der Waals surface area contributed by atoms with Gasteiger partial charge in [0.25, 0.3) is 5.91 Å². The molecule has 1 fully saturated rings. The molecule has 2 aliphatic rings. The molecule has 8 nitrogen and oxygen atoms in total. The van der Waals surface area contributed by atoms with Crippen molar-refractivity contribution < 1.29 is 19.8 Å². The van der Waals surface area contributed by atoms with Crippen LogP contribution in [0.3, 0.4) is 0 Å². The number of aliphatic hydroxyl groups is 1. The van der Waals surface area contributed by atoms with Gasteiger partial charge in [0.05, 0.1) is 18.2 Å². The van der Waals surface area contributed by atoms with E-state index in [-0.39, 0.29) is 23.5 Å². The van der Waals surface area contributed by atoms with Gasteiger partial charge in [0.2, 0.25) is 5.43 Å². The van der Waals surface area contributed by atoms with Crippen molar-refractivity contribution in [3.8, 4) is 5.75 Å². The summed E-state index contributed by atoms with van der Waals surface area (Å²) in [6.07, 6.45) is 7.59. The summed E-state index contributed by atoms with van der Waals surface area (Å²) in [5.41, 5.74) is 0.935. The van der Waals surface area contributed by atoms with E-state index in [9.17, 15) is 19.5 Å². The number of rotatable bonds is 6. The Hall–Kier alpha value is -3.75. The minimum atomic E-state index is -0.822. The van der Waals surface area contributed by atoms with Gasteiger partial charge >= 0.3 is 0 Å². The molecule has 0 aliphatic carbocycles. The zero-order valence-electron chi connectivity index (χ0n) is 19.1. The molecule has 0 radical (unpaired) electrons. The van der Waals surface area contributed by atoms with Crippen LogP contribution in [0.15, 0.2) is 78.3 Å². The lowest BCUT2D eigenvalue weighted by molar-refractivity contribution is -0.0240. The highest BCUT2D eigenvalue weighted by molar-refractivity contribution is 5.96. The molecule has 2 N–H and O–H groups in total. The van der Waals surface area contributed by atoms with Crippen LogP contribution < -0.4 is 5.43 Å². The number of benzene rings is 1. The minimum Gasteiger partial charge on any atom is -0.503 e. The number of hydrogen-bond acceptors (Lipinski definition) is 6. The average molecular weight is 464 g/mol. The summed E-state index contributed by atoms with van der Waals surface area (Å²) in [6.45, 7) is 9.38. The summed E-state index contributed by atoms with van der Waals surface area (Å²) >= 11 is 0. The molecule has 4 rings (SSSR count). The first kappa shape index (κ1) is 24.9. The maximum absolute atomic E-state index is 13.3. The highest BCUT2D eigenvalue weighted by Gasteiger charge is 2.43. The number of pyridine rings is 1. The van der Waals surface area contributed by atoms with E-state index in [2.05, 4.69) is 18.1 Å². The van der Waals surface area contributed by atoms with Gasteiger partial charge < -0.3 is 19.7 Å². The predicted octanol–water partition coefficient (Wildman–Crippen LogP) is 2.50. The lowest BCUT2D eigenvalue weighted by Crippen LogP contribution is -2.61. The molecule has 1 saturated heterocycles. The second-order valence-corrected chi connectivity index (χ2v) is 7.87. The molecule has 1 aromatic heterocycles. The third-order valence-electron chi connectivity index (χ3n) is 6.10. The summed E-state index contributed by atoms with van der Waals surface area (Å²) in [6, 6.07) is 9.80. The van der Waals surface area contributed by atoms with Gasteiger partial charge in [-0.25, -0.2) is 0 Å². The zero-order valence-corrected chi connectivity index (χ0v) is 19.1. The van der Waals surface area contributed by atoms with Crippen molar-refractivity contribution in [1.82, 2.24) is 14.4 Å². The molecule has 34 heavy (non-hydrogen) atoms. The Balaban J connectivity index is 0.00000158. The molecule has 0 spiro atoms. The number of aromatic nitrogens is 1. The van der Waals surface area contributed by atoms with E-state index in [1.54, 1.807) is 17.1 Å². The maximum Gasteiger partial charge on any atom is 0.275 e. The van der Waals surface area contributed by atoms with Crippen LogP contribution in [0, 0.1) is 0 Å². The average Bonchev–Trinajstić information content (AvgIpc) is 2.88.